The molecule has 0 aromatic carbocycles. The Hall–Kier alpha value is -0.740. The molecular formula is C11H14ClNO2S. The molecule has 16 heavy (non-hydrogen) atoms. The van der Waals surface area contributed by atoms with E-state index in [1.807, 2.05) is 19.9 Å². The zero-order valence-corrected chi connectivity index (χ0v) is 10.8. The third-order valence-electron chi connectivity index (χ3n) is 2.07. The number of aromatic nitrogens is 1. The maximum Gasteiger partial charge on any atom is 0.316 e. The molecule has 3 nitrogen and oxygen atoms in total. The Labute approximate surface area is 104 Å². The second-order valence-electron chi connectivity index (χ2n) is 3.80. The van der Waals surface area contributed by atoms with Crippen LogP contribution >= 0.6 is 23.4 Å². The number of carbonyl (C=O) groups is 1. The summed E-state index contributed by atoms with van der Waals surface area (Å²) in [5.41, 5.74) is 0.987. The van der Waals surface area contributed by atoms with Gasteiger partial charge in [-0.25, -0.2) is 4.98 Å². The Bertz CT molecular complexity index is 354. The van der Waals surface area contributed by atoms with Gasteiger partial charge in [0, 0.05) is 11.9 Å². The highest BCUT2D eigenvalue weighted by molar-refractivity contribution is 7.99. The summed E-state index contributed by atoms with van der Waals surface area (Å²) < 4.78 is 0. The Morgan fingerprint density at radius 3 is 2.69 bits per heavy atom. The molecule has 0 aliphatic heterocycles. The molecule has 0 spiro atoms. The van der Waals surface area contributed by atoms with Crippen molar-refractivity contribution in [2.75, 3.05) is 0 Å². The standard InChI is InChI=1S/C11H14ClNO2S/c1-7(2)10(11(14)15)16-6-8-3-4-9(12)13-5-8/h3-5,7,10H,6H2,1-2H3,(H,14,15). The highest BCUT2D eigenvalue weighted by Crippen LogP contribution is 2.24. The molecule has 1 N–H and O–H groups in total. The maximum absolute atomic E-state index is 11.0. The molecule has 0 bridgehead atoms. The molecule has 1 unspecified atom stereocenters. The average Bonchev–Trinajstić information content (AvgIpc) is 2.20. The topological polar surface area (TPSA) is 50.2 Å². The highest BCUT2D eigenvalue weighted by Gasteiger charge is 2.21. The first kappa shape index (κ1) is 13.3. The van der Waals surface area contributed by atoms with Crippen LogP contribution < -0.4 is 0 Å². The Balaban J connectivity index is 2.55. The molecule has 0 radical (unpaired) electrons. The van der Waals surface area contributed by atoms with Gasteiger partial charge in [-0.1, -0.05) is 31.5 Å². The Morgan fingerprint density at radius 1 is 1.56 bits per heavy atom. The van der Waals surface area contributed by atoms with Crippen molar-refractivity contribution >= 4 is 29.3 Å². The SMILES string of the molecule is CC(C)C(SCc1ccc(Cl)nc1)C(=O)O. The van der Waals surface area contributed by atoms with Crippen molar-refractivity contribution in [2.24, 2.45) is 5.92 Å². The van der Waals surface area contributed by atoms with Crippen LogP contribution in [0.2, 0.25) is 5.15 Å². The predicted octanol–water partition coefficient (Wildman–Crippen LogP) is 3.08. The monoisotopic (exact) mass is 259 g/mol. The van der Waals surface area contributed by atoms with Crippen LogP contribution in [-0.2, 0) is 10.5 Å². The number of rotatable bonds is 5. The summed E-state index contributed by atoms with van der Waals surface area (Å²) in [4.78, 5) is 14.9. The zero-order valence-electron chi connectivity index (χ0n) is 9.18. The molecule has 1 aromatic heterocycles. The predicted molar refractivity (Wildman–Crippen MR) is 66.8 cm³/mol. The van der Waals surface area contributed by atoms with E-state index in [0.717, 1.165) is 5.56 Å². The molecule has 0 aliphatic carbocycles. The van der Waals surface area contributed by atoms with Crippen molar-refractivity contribution < 1.29 is 9.90 Å². The van der Waals surface area contributed by atoms with Gasteiger partial charge >= 0.3 is 5.97 Å². The quantitative estimate of drug-likeness (QED) is 0.826. The summed E-state index contributed by atoms with van der Waals surface area (Å²) in [6.07, 6.45) is 1.68. The van der Waals surface area contributed by atoms with Crippen molar-refractivity contribution in [1.29, 1.82) is 0 Å². The van der Waals surface area contributed by atoms with Gasteiger partial charge in [0.15, 0.2) is 0 Å². The van der Waals surface area contributed by atoms with Gasteiger partial charge in [0.25, 0.3) is 0 Å². The van der Waals surface area contributed by atoms with Crippen LogP contribution in [0.3, 0.4) is 0 Å². The van der Waals surface area contributed by atoms with Gasteiger partial charge in [0.05, 0.1) is 0 Å². The van der Waals surface area contributed by atoms with Crippen molar-refractivity contribution in [1.82, 2.24) is 4.98 Å². The third-order valence-corrected chi connectivity index (χ3v) is 3.90. The molecule has 1 aromatic rings. The summed E-state index contributed by atoms with van der Waals surface area (Å²) in [5, 5.41) is 9.08. The van der Waals surface area contributed by atoms with Crippen LogP contribution in [0.1, 0.15) is 19.4 Å². The Kier molecular flexibility index (Phi) is 5.09. The number of hydrogen-bond acceptors (Lipinski definition) is 3. The number of halogens is 1. The van der Waals surface area contributed by atoms with Gasteiger partial charge in [-0.3, -0.25) is 4.79 Å². The first-order chi connectivity index (χ1) is 7.50. The molecule has 1 rings (SSSR count). The molecule has 1 heterocycles. The Morgan fingerprint density at radius 2 is 2.25 bits per heavy atom. The number of aliphatic carboxylic acids is 1. The van der Waals surface area contributed by atoms with Crippen LogP contribution in [-0.4, -0.2) is 21.3 Å². The van der Waals surface area contributed by atoms with E-state index in [4.69, 9.17) is 16.7 Å². The third kappa shape index (κ3) is 4.02. The molecule has 0 fully saturated rings. The van der Waals surface area contributed by atoms with Crippen molar-refractivity contribution in [2.45, 2.75) is 24.9 Å². The van der Waals surface area contributed by atoms with Crippen molar-refractivity contribution in [3.8, 4) is 0 Å². The van der Waals surface area contributed by atoms with E-state index in [-0.39, 0.29) is 11.2 Å². The summed E-state index contributed by atoms with van der Waals surface area (Å²) in [6.45, 7) is 3.82. The first-order valence-electron chi connectivity index (χ1n) is 4.95. The number of carboxylic acids is 1. The van der Waals surface area contributed by atoms with Gasteiger partial charge in [-0.15, -0.1) is 11.8 Å². The number of thioether (sulfide) groups is 1. The number of carboxylic acid groups (broad SMARTS) is 1. The fourth-order valence-corrected chi connectivity index (χ4v) is 2.41. The lowest BCUT2D eigenvalue weighted by Gasteiger charge is -2.15. The molecule has 88 valence electrons. The van der Waals surface area contributed by atoms with Crippen molar-refractivity contribution in [3.05, 3.63) is 29.0 Å². The van der Waals surface area contributed by atoms with E-state index in [1.165, 1.54) is 11.8 Å². The zero-order chi connectivity index (χ0) is 12.1. The van der Waals surface area contributed by atoms with Gasteiger partial charge in [-0.05, 0) is 17.5 Å². The van der Waals surface area contributed by atoms with Crippen molar-refractivity contribution in [3.63, 3.8) is 0 Å². The summed E-state index contributed by atoms with van der Waals surface area (Å²) in [6, 6.07) is 3.57. The molecule has 0 saturated heterocycles. The van der Waals surface area contributed by atoms with Crippen LogP contribution in [0.4, 0.5) is 0 Å². The molecule has 0 saturated carbocycles. The summed E-state index contributed by atoms with van der Waals surface area (Å²) in [7, 11) is 0. The van der Waals surface area contributed by atoms with E-state index in [2.05, 4.69) is 4.98 Å². The lowest BCUT2D eigenvalue weighted by Crippen LogP contribution is -2.22. The largest absolute Gasteiger partial charge is 0.480 e. The van der Waals surface area contributed by atoms with Gasteiger partial charge < -0.3 is 5.11 Å². The lowest BCUT2D eigenvalue weighted by molar-refractivity contribution is -0.137. The van der Waals surface area contributed by atoms with Gasteiger partial charge in [0.2, 0.25) is 0 Å². The minimum atomic E-state index is -0.762. The molecular weight excluding hydrogens is 246 g/mol. The number of nitrogens with zero attached hydrogens (tertiary/aromatic N) is 1. The number of hydrogen-bond donors (Lipinski definition) is 1. The molecule has 0 amide bonds. The molecule has 0 aliphatic rings. The van der Waals surface area contributed by atoms with Crippen LogP contribution in [0.5, 0.6) is 0 Å². The van der Waals surface area contributed by atoms with Crippen LogP contribution in [0.15, 0.2) is 18.3 Å². The maximum atomic E-state index is 11.0. The minimum absolute atomic E-state index is 0.114. The average molecular weight is 260 g/mol. The van der Waals surface area contributed by atoms with E-state index >= 15 is 0 Å². The van der Waals surface area contributed by atoms with E-state index in [0.29, 0.717) is 10.9 Å². The van der Waals surface area contributed by atoms with E-state index in [1.54, 1.807) is 12.3 Å². The van der Waals surface area contributed by atoms with Crippen LogP contribution in [0, 0.1) is 5.92 Å². The van der Waals surface area contributed by atoms with Crippen LogP contribution in [0.25, 0.3) is 0 Å². The smallest absolute Gasteiger partial charge is 0.316 e. The lowest BCUT2D eigenvalue weighted by atomic mass is 10.1. The second-order valence-corrected chi connectivity index (χ2v) is 5.32. The minimum Gasteiger partial charge on any atom is -0.480 e. The molecule has 5 heteroatoms. The normalized spacial score (nSPS) is 12.8. The fraction of sp³-hybridized carbons (Fsp3) is 0.455. The highest BCUT2D eigenvalue weighted by atomic mass is 35.5. The summed E-state index contributed by atoms with van der Waals surface area (Å²) in [5.74, 6) is -0.0102. The second kappa shape index (κ2) is 6.11. The fourth-order valence-electron chi connectivity index (χ4n) is 1.23. The number of pyridine rings is 1. The molecule has 1 atom stereocenters. The van der Waals surface area contributed by atoms with Gasteiger partial charge in [-0.2, -0.15) is 0 Å². The first-order valence-corrected chi connectivity index (χ1v) is 6.38. The van der Waals surface area contributed by atoms with Gasteiger partial charge in [0.1, 0.15) is 10.4 Å². The van der Waals surface area contributed by atoms with E-state index < -0.39 is 5.97 Å². The summed E-state index contributed by atoms with van der Waals surface area (Å²) >= 11 is 7.08. The van der Waals surface area contributed by atoms with E-state index in [9.17, 15) is 4.79 Å².